The molecule has 2 aromatic rings. The van der Waals surface area contributed by atoms with Crippen molar-refractivity contribution in [2.75, 3.05) is 25.6 Å². The minimum absolute atomic E-state index is 0.0550. The third-order valence-corrected chi connectivity index (χ3v) is 5.04. The zero-order valence-electron chi connectivity index (χ0n) is 18.6. The van der Waals surface area contributed by atoms with Gasteiger partial charge in [0.25, 0.3) is 11.8 Å². The highest BCUT2D eigenvalue weighted by Gasteiger charge is 2.38. The van der Waals surface area contributed by atoms with E-state index in [-0.39, 0.29) is 17.9 Å². The van der Waals surface area contributed by atoms with Crippen LogP contribution in [0.2, 0.25) is 0 Å². The van der Waals surface area contributed by atoms with Gasteiger partial charge in [-0.05, 0) is 62.1 Å². The van der Waals surface area contributed by atoms with Crippen molar-refractivity contribution in [1.29, 1.82) is 0 Å². The van der Waals surface area contributed by atoms with Gasteiger partial charge >= 0.3 is 0 Å². The van der Waals surface area contributed by atoms with E-state index in [4.69, 9.17) is 9.47 Å². The number of hydrogen-bond acceptors (Lipinski definition) is 5. The predicted molar refractivity (Wildman–Crippen MR) is 122 cm³/mol. The summed E-state index contributed by atoms with van der Waals surface area (Å²) < 4.78 is 10.8. The lowest BCUT2D eigenvalue weighted by Crippen LogP contribution is -2.33. The normalized spacial score (nSPS) is 14.0. The Hall–Kier alpha value is -3.12. The van der Waals surface area contributed by atoms with Gasteiger partial charge in [0.1, 0.15) is 11.4 Å². The summed E-state index contributed by atoms with van der Waals surface area (Å²) in [6, 6.07) is 15.2. The number of ether oxygens (including phenoxy) is 2. The van der Waals surface area contributed by atoms with Gasteiger partial charge in [-0.25, -0.2) is 0 Å². The lowest BCUT2D eigenvalue weighted by molar-refractivity contribution is -0.136. The fraction of sp³-hybridized carbons (Fsp3) is 0.360. The monoisotopic (exact) mass is 422 g/mol. The van der Waals surface area contributed by atoms with E-state index in [1.54, 1.807) is 7.11 Å². The zero-order chi connectivity index (χ0) is 22.4. The molecule has 0 bridgehead atoms. The zero-order valence-corrected chi connectivity index (χ0v) is 18.6. The number of nitrogens with one attached hydrogen (secondary N) is 1. The molecule has 1 aliphatic heterocycles. The van der Waals surface area contributed by atoms with Crippen LogP contribution in [0.1, 0.15) is 38.3 Å². The molecule has 6 heteroatoms. The molecular formula is C25H30N2O4. The summed E-state index contributed by atoms with van der Waals surface area (Å²) in [4.78, 5) is 27.6. The Balaban J connectivity index is 1.94. The van der Waals surface area contributed by atoms with Crippen LogP contribution in [0.25, 0.3) is 5.57 Å². The van der Waals surface area contributed by atoms with Crippen LogP contribution in [0.4, 0.5) is 5.69 Å². The third-order valence-electron chi connectivity index (χ3n) is 5.04. The minimum atomic E-state index is -0.321. The topological polar surface area (TPSA) is 67.9 Å². The van der Waals surface area contributed by atoms with Gasteiger partial charge in [-0.2, -0.15) is 0 Å². The molecule has 0 atom stereocenters. The number of carbonyl (C=O) groups excluding carboxylic acids is 2. The Morgan fingerprint density at radius 2 is 1.65 bits per heavy atom. The smallest absolute Gasteiger partial charge is 0.278 e. The van der Waals surface area contributed by atoms with Crippen molar-refractivity contribution in [3.05, 3.63) is 65.4 Å². The van der Waals surface area contributed by atoms with Crippen LogP contribution in [0, 0.1) is 0 Å². The number of aryl methyl sites for hydroxylation is 1. The van der Waals surface area contributed by atoms with E-state index in [1.165, 1.54) is 10.5 Å². The third kappa shape index (κ3) is 5.33. The van der Waals surface area contributed by atoms with Crippen LogP contribution < -0.4 is 10.1 Å². The Labute approximate surface area is 183 Å². The summed E-state index contributed by atoms with van der Waals surface area (Å²) in [5.74, 6) is 0.0993. The number of anilines is 1. The number of nitrogens with zero attached hydrogens (tertiary/aromatic N) is 1. The van der Waals surface area contributed by atoms with Crippen LogP contribution in [0.5, 0.6) is 5.75 Å². The molecule has 0 unspecified atom stereocenters. The highest BCUT2D eigenvalue weighted by molar-refractivity contribution is 6.36. The minimum Gasteiger partial charge on any atom is -0.491 e. The van der Waals surface area contributed by atoms with Crippen LogP contribution in [0.3, 0.4) is 0 Å². The molecule has 1 heterocycles. The summed E-state index contributed by atoms with van der Waals surface area (Å²) in [6.45, 7) is 6.80. The van der Waals surface area contributed by atoms with Crippen LogP contribution in [-0.4, -0.2) is 43.1 Å². The van der Waals surface area contributed by atoms with E-state index in [1.807, 2.05) is 62.4 Å². The first-order chi connectivity index (χ1) is 14.9. The molecule has 0 fully saturated rings. The second-order valence-electron chi connectivity index (χ2n) is 7.72. The van der Waals surface area contributed by atoms with E-state index < -0.39 is 0 Å². The number of methoxy groups -OCH3 is 1. The molecule has 1 aliphatic rings. The van der Waals surface area contributed by atoms with Crippen molar-refractivity contribution in [2.45, 2.75) is 39.7 Å². The quantitative estimate of drug-likeness (QED) is 0.458. The molecule has 31 heavy (non-hydrogen) atoms. The molecule has 0 spiro atoms. The maximum atomic E-state index is 13.2. The van der Waals surface area contributed by atoms with E-state index in [9.17, 15) is 9.59 Å². The highest BCUT2D eigenvalue weighted by atomic mass is 16.5. The van der Waals surface area contributed by atoms with Gasteiger partial charge in [-0.15, -0.1) is 0 Å². The number of benzene rings is 2. The van der Waals surface area contributed by atoms with Crippen LogP contribution in [-0.2, 0) is 20.7 Å². The molecule has 2 amide bonds. The van der Waals surface area contributed by atoms with Crippen molar-refractivity contribution in [3.8, 4) is 5.75 Å². The summed E-state index contributed by atoms with van der Waals surface area (Å²) in [7, 11) is 1.60. The number of rotatable bonds is 10. The number of imide groups is 1. The van der Waals surface area contributed by atoms with E-state index in [2.05, 4.69) is 12.2 Å². The second kappa shape index (κ2) is 10.3. The second-order valence-corrected chi connectivity index (χ2v) is 7.72. The molecule has 0 radical (unpaired) electrons. The van der Waals surface area contributed by atoms with Crippen molar-refractivity contribution in [1.82, 2.24) is 4.90 Å². The molecular weight excluding hydrogens is 392 g/mol. The van der Waals surface area contributed by atoms with Gasteiger partial charge in [-0.1, -0.05) is 31.2 Å². The molecule has 0 saturated carbocycles. The Morgan fingerprint density at radius 3 is 2.23 bits per heavy atom. The lowest BCUT2D eigenvalue weighted by atomic mass is 10.0. The number of amides is 2. The molecule has 1 N–H and O–H groups in total. The first-order valence-corrected chi connectivity index (χ1v) is 10.7. The predicted octanol–water partition coefficient (Wildman–Crippen LogP) is 4.26. The first kappa shape index (κ1) is 22.6. The standard InChI is InChI=1S/C25H30N2O4/c1-5-18-7-11-20(12-8-18)26-23-22(19-9-13-21(14-10-19)31-17(2)3)24(28)27(25(23)29)15-6-16-30-4/h7-14,17,26H,5-6,15-16H2,1-4H3. The summed E-state index contributed by atoms with van der Waals surface area (Å²) in [5.41, 5.74) is 3.32. The fourth-order valence-corrected chi connectivity index (χ4v) is 3.47. The van der Waals surface area contributed by atoms with Gasteiger partial charge in [0.15, 0.2) is 0 Å². The first-order valence-electron chi connectivity index (χ1n) is 10.7. The fourth-order valence-electron chi connectivity index (χ4n) is 3.47. The largest absolute Gasteiger partial charge is 0.491 e. The van der Waals surface area contributed by atoms with E-state index >= 15 is 0 Å². The molecule has 0 aromatic heterocycles. The Bertz CT molecular complexity index is 946. The van der Waals surface area contributed by atoms with Crippen molar-refractivity contribution < 1.29 is 19.1 Å². The average Bonchev–Trinajstić information content (AvgIpc) is 2.99. The SMILES string of the molecule is CCc1ccc(NC2=C(c3ccc(OC(C)C)cc3)C(=O)N(CCCOC)C2=O)cc1. The van der Waals surface area contributed by atoms with Gasteiger partial charge in [-0.3, -0.25) is 14.5 Å². The molecule has 2 aromatic carbocycles. The summed E-state index contributed by atoms with van der Waals surface area (Å²) in [5, 5.41) is 3.19. The van der Waals surface area contributed by atoms with Gasteiger partial charge in [0, 0.05) is 25.9 Å². The highest BCUT2D eigenvalue weighted by Crippen LogP contribution is 2.31. The summed E-state index contributed by atoms with van der Waals surface area (Å²) >= 11 is 0. The van der Waals surface area contributed by atoms with Gasteiger partial charge in [0.05, 0.1) is 11.7 Å². The molecule has 0 saturated heterocycles. The van der Waals surface area contributed by atoms with E-state index in [0.717, 1.165) is 17.9 Å². The van der Waals surface area contributed by atoms with Crippen molar-refractivity contribution in [2.24, 2.45) is 0 Å². The van der Waals surface area contributed by atoms with Gasteiger partial charge in [0.2, 0.25) is 0 Å². The van der Waals surface area contributed by atoms with Gasteiger partial charge < -0.3 is 14.8 Å². The maximum absolute atomic E-state index is 13.2. The molecule has 164 valence electrons. The van der Waals surface area contributed by atoms with E-state index in [0.29, 0.717) is 36.4 Å². The Morgan fingerprint density at radius 1 is 0.968 bits per heavy atom. The van der Waals surface area contributed by atoms with Crippen molar-refractivity contribution in [3.63, 3.8) is 0 Å². The summed E-state index contributed by atoms with van der Waals surface area (Å²) in [6.07, 6.45) is 1.57. The lowest BCUT2D eigenvalue weighted by Gasteiger charge is -2.15. The van der Waals surface area contributed by atoms with Crippen LogP contribution >= 0.6 is 0 Å². The number of hydrogen-bond donors (Lipinski definition) is 1. The average molecular weight is 423 g/mol. The Kier molecular flexibility index (Phi) is 7.47. The van der Waals surface area contributed by atoms with Crippen LogP contribution in [0.15, 0.2) is 54.2 Å². The molecule has 6 nitrogen and oxygen atoms in total. The van der Waals surface area contributed by atoms with Crippen molar-refractivity contribution >= 4 is 23.1 Å². The molecule has 0 aliphatic carbocycles. The maximum Gasteiger partial charge on any atom is 0.278 e. The number of carbonyl (C=O) groups is 2. The molecule has 3 rings (SSSR count).